The van der Waals surface area contributed by atoms with Gasteiger partial charge in [0.1, 0.15) is 11.4 Å². The number of carbonyl (C=O) groups excluding carboxylic acids is 1. The van der Waals surface area contributed by atoms with E-state index >= 15 is 0 Å². The molecule has 1 aromatic heterocycles. The maximum Gasteiger partial charge on any atom is 0.303 e. The quantitative estimate of drug-likeness (QED) is 0.380. The molecule has 0 unspecified atom stereocenters. The molecular formula is C22H32O4. The molecule has 2 aliphatic rings. The molecule has 26 heavy (non-hydrogen) atoms. The minimum Gasteiger partial charge on any atom is -0.461 e. The van der Waals surface area contributed by atoms with Gasteiger partial charge in [-0.2, -0.15) is 0 Å². The molecule has 3 heterocycles. The number of furan rings is 1. The van der Waals surface area contributed by atoms with E-state index in [9.17, 15) is 4.79 Å². The van der Waals surface area contributed by atoms with Gasteiger partial charge in [0.25, 0.3) is 0 Å². The molecular weight excluding hydrogens is 328 g/mol. The average molecular weight is 360 g/mol. The highest BCUT2D eigenvalue weighted by Crippen LogP contribution is 2.52. The second-order valence-electron chi connectivity index (χ2n) is 8.47. The van der Waals surface area contributed by atoms with Gasteiger partial charge >= 0.3 is 5.97 Å². The molecule has 0 radical (unpaired) electrons. The van der Waals surface area contributed by atoms with Crippen molar-refractivity contribution in [2.75, 3.05) is 0 Å². The van der Waals surface area contributed by atoms with Crippen molar-refractivity contribution < 1.29 is 18.7 Å². The van der Waals surface area contributed by atoms with Gasteiger partial charge in [0.05, 0.1) is 6.10 Å². The first-order valence-electron chi connectivity index (χ1n) is 9.86. The van der Waals surface area contributed by atoms with Gasteiger partial charge in [-0.1, -0.05) is 32.4 Å². The van der Waals surface area contributed by atoms with Gasteiger partial charge in [0.2, 0.25) is 0 Å². The fourth-order valence-electron chi connectivity index (χ4n) is 3.97. The lowest BCUT2D eigenvalue weighted by molar-refractivity contribution is -0.151. The molecule has 0 aromatic carbocycles. The maximum atomic E-state index is 11.8. The number of allylic oxidation sites excluding steroid dienone is 2. The van der Waals surface area contributed by atoms with Crippen molar-refractivity contribution in [3.63, 3.8) is 0 Å². The zero-order valence-electron chi connectivity index (χ0n) is 16.9. The fourth-order valence-corrected chi connectivity index (χ4v) is 3.97. The van der Waals surface area contributed by atoms with Gasteiger partial charge in [-0.25, -0.2) is 0 Å². The molecule has 2 aliphatic heterocycles. The molecule has 0 N–H and O–H groups in total. The average Bonchev–Trinajstić information content (AvgIpc) is 3.02. The van der Waals surface area contributed by atoms with E-state index in [1.807, 2.05) is 6.92 Å². The van der Waals surface area contributed by atoms with Crippen LogP contribution in [0.2, 0.25) is 0 Å². The molecule has 3 rings (SSSR count). The summed E-state index contributed by atoms with van der Waals surface area (Å²) in [5, 5.41) is 0. The summed E-state index contributed by atoms with van der Waals surface area (Å²) >= 11 is 0. The molecule has 0 spiro atoms. The van der Waals surface area contributed by atoms with Crippen molar-refractivity contribution in [3.05, 3.63) is 34.8 Å². The number of hydrogen-bond acceptors (Lipinski definition) is 4. The summed E-state index contributed by atoms with van der Waals surface area (Å²) in [5.41, 5.74) is 2.01. The highest BCUT2D eigenvalue weighted by atomic mass is 16.7. The van der Waals surface area contributed by atoms with Crippen molar-refractivity contribution in [1.82, 2.24) is 0 Å². The Morgan fingerprint density at radius 3 is 2.73 bits per heavy atom. The van der Waals surface area contributed by atoms with Crippen LogP contribution in [0.5, 0.6) is 0 Å². The van der Waals surface area contributed by atoms with Gasteiger partial charge in [-0.05, 0) is 51.5 Å². The van der Waals surface area contributed by atoms with Gasteiger partial charge in [0.15, 0.2) is 11.9 Å². The van der Waals surface area contributed by atoms with Crippen LogP contribution in [0.15, 0.2) is 22.1 Å². The Morgan fingerprint density at radius 1 is 1.35 bits per heavy atom. The summed E-state index contributed by atoms with van der Waals surface area (Å²) in [4.78, 5) is 11.8. The molecule has 144 valence electrons. The second kappa shape index (κ2) is 7.22. The smallest absolute Gasteiger partial charge is 0.303 e. The third kappa shape index (κ3) is 3.75. The Balaban J connectivity index is 2.05. The SMILES string of the molecule is CC(=O)O[C@H]1c2oc(cc2C(C)C)[C@@H](C)CC/C=C(/C)CC[C@@H]2O[C@]21C. The van der Waals surface area contributed by atoms with E-state index in [4.69, 9.17) is 13.9 Å². The van der Waals surface area contributed by atoms with E-state index in [1.165, 1.54) is 12.5 Å². The molecule has 0 saturated carbocycles. The summed E-state index contributed by atoms with van der Waals surface area (Å²) < 4.78 is 18.2. The topological polar surface area (TPSA) is 52.0 Å². The Hall–Kier alpha value is -1.55. The van der Waals surface area contributed by atoms with Gasteiger partial charge in [-0.15, -0.1) is 0 Å². The standard InChI is InChI=1S/C22H32O4/c1-13(2)17-12-18-15(4)9-7-8-14(3)10-11-19-22(6,26-19)21(20(17)25-18)24-16(5)23/h8,12-13,15,19,21H,7,9-11H2,1-6H3/b14-8-/t15-,19-,21-,22+/m0/s1. The van der Waals surface area contributed by atoms with Crippen molar-refractivity contribution >= 4 is 5.97 Å². The van der Waals surface area contributed by atoms with Crippen LogP contribution in [0.1, 0.15) is 102 Å². The number of rotatable bonds is 2. The Bertz CT molecular complexity index is 699. The minimum atomic E-state index is -0.512. The first kappa shape index (κ1) is 19.2. The molecule has 2 bridgehead atoms. The summed E-state index contributed by atoms with van der Waals surface area (Å²) in [6.07, 6.45) is 5.99. The maximum absolute atomic E-state index is 11.8. The normalized spacial score (nSPS) is 34.0. The van der Waals surface area contributed by atoms with E-state index in [0.29, 0.717) is 11.8 Å². The lowest BCUT2D eigenvalue weighted by Gasteiger charge is -2.22. The first-order chi connectivity index (χ1) is 12.2. The van der Waals surface area contributed by atoms with Gasteiger partial charge in [0, 0.05) is 18.4 Å². The summed E-state index contributed by atoms with van der Waals surface area (Å²) in [6, 6.07) is 2.16. The lowest BCUT2D eigenvalue weighted by Crippen LogP contribution is -2.26. The predicted octanol–water partition coefficient (Wildman–Crippen LogP) is 5.79. The van der Waals surface area contributed by atoms with Crippen LogP contribution in [0.3, 0.4) is 0 Å². The lowest BCUT2D eigenvalue weighted by atomic mass is 9.90. The highest BCUT2D eigenvalue weighted by Gasteiger charge is 2.61. The zero-order chi connectivity index (χ0) is 19.1. The number of fused-ring (bicyclic) bond motifs is 3. The molecule has 1 aromatic rings. The minimum absolute atomic E-state index is 0.0851. The van der Waals surface area contributed by atoms with Crippen LogP contribution in [-0.2, 0) is 14.3 Å². The Morgan fingerprint density at radius 2 is 2.08 bits per heavy atom. The molecule has 1 saturated heterocycles. The van der Waals surface area contributed by atoms with Crippen molar-refractivity contribution in [1.29, 1.82) is 0 Å². The van der Waals surface area contributed by atoms with Gasteiger partial charge < -0.3 is 13.9 Å². The van der Waals surface area contributed by atoms with E-state index in [2.05, 4.69) is 39.8 Å². The summed E-state index contributed by atoms with van der Waals surface area (Å²) in [5.74, 6) is 2.07. The van der Waals surface area contributed by atoms with Crippen LogP contribution in [0.25, 0.3) is 0 Å². The number of epoxide rings is 1. The Kier molecular flexibility index (Phi) is 5.34. The number of hydrogen-bond donors (Lipinski definition) is 0. The first-order valence-corrected chi connectivity index (χ1v) is 9.86. The number of esters is 1. The summed E-state index contributed by atoms with van der Waals surface area (Å²) in [6.45, 7) is 12.2. The predicted molar refractivity (Wildman–Crippen MR) is 101 cm³/mol. The molecule has 1 fully saturated rings. The van der Waals surface area contributed by atoms with Crippen molar-refractivity contribution in [3.8, 4) is 0 Å². The molecule has 0 aliphatic carbocycles. The van der Waals surface area contributed by atoms with Crippen LogP contribution in [-0.4, -0.2) is 17.7 Å². The number of carbonyl (C=O) groups is 1. The fraction of sp³-hybridized carbons (Fsp3) is 0.682. The van der Waals surface area contributed by atoms with Crippen molar-refractivity contribution in [2.45, 2.75) is 96.9 Å². The van der Waals surface area contributed by atoms with Crippen LogP contribution < -0.4 is 0 Å². The molecule has 0 amide bonds. The van der Waals surface area contributed by atoms with E-state index in [1.54, 1.807) is 0 Å². The van der Waals surface area contributed by atoms with E-state index in [0.717, 1.165) is 42.8 Å². The van der Waals surface area contributed by atoms with Gasteiger partial charge in [-0.3, -0.25) is 4.79 Å². The molecule has 4 atom stereocenters. The molecule has 4 heteroatoms. The van der Waals surface area contributed by atoms with E-state index in [-0.39, 0.29) is 12.1 Å². The number of ether oxygens (including phenoxy) is 2. The second-order valence-corrected chi connectivity index (χ2v) is 8.47. The Labute approximate surface area is 156 Å². The third-order valence-corrected chi connectivity index (χ3v) is 5.83. The van der Waals surface area contributed by atoms with Crippen LogP contribution >= 0.6 is 0 Å². The van der Waals surface area contributed by atoms with Crippen molar-refractivity contribution in [2.24, 2.45) is 0 Å². The highest BCUT2D eigenvalue weighted by molar-refractivity contribution is 5.66. The van der Waals surface area contributed by atoms with Crippen LogP contribution in [0, 0.1) is 0 Å². The summed E-state index contributed by atoms with van der Waals surface area (Å²) in [7, 11) is 0. The molecule has 4 nitrogen and oxygen atoms in total. The zero-order valence-corrected chi connectivity index (χ0v) is 16.9. The largest absolute Gasteiger partial charge is 0.461 e. The van der Waals surface area contributed by atoms with Crippen LogP contribution in [0.4, 0.5) is 0 Å². The van der Waals surface area contributed by atoms with E-state index < -0.39 is 11.7 Å². The third-order valence-electron chi connectivity index (χ3n) is 5.83. The monoisotopic (exact) mass is 360 g/mol.